The van der Waals surface area contributed by atoms with Gasteiger partial charge in [0.2, 0.25) is 0 Å². The predicted molar refractivity (Wildman–Crippen MR) is 118 cm³/mol. The van der Waals surface area contributed by atoms with Crippen molar-refractivity contribution in [2.75, 3.05) is 20.7 Å². The van der Waals surface area contributed by atoms with E-state index < -0.39 is 11.7 Å². The summed E-state index contributed by atoms with van der Waals surface area (Å²) in [6.45, 7) is 0.313. The van der Waals surface area contributed by atoms with E-state index in [1.165, 1.54) is 27.8 Å². The fourth-order valence-corrected chi connectivity index (χ4v) is 3.46. The first kappa shape index (κ1) is 21.2. The minimum absolute atomic E-state index is 0.312. The van der Waals surface area contributed by atoms with Gasteiger partial charge in [0.25, 0.3) is 0 Å². The van der Waals surface area contributed by atoms with Crippen molar-refractivity contribution in [1.82, 2.24) is 24.0 Å². The molecule has 1 amide bonds. The van der Waals surface area contributed by atoms with Crippen molar-refractivity contribution < 1.29 is 13.9 Å². The van der Waals surface area contributed by atoms with E-state index in [9.17, 15) is 14.0 Å². The number of benzene rings is 2. The Labute approximate surface area is 183 Å². The summed E-state index contributed by atoms with van der Waals surface area (Å²) in [5.74, 6) is 0.745. The summed E-state index contributed by atoms with van der Waals surface area (Å²) in [5, 5.41) is 0. The molecular formula is C23H22FN5O3. The molecule has 0 radical (unpaired) electrons. The molecule has 0 spiro atoms. The lowest BCUT2D eigenvalue weighted by atomic mass is 10.1. The van der Waals surface area contributed by atoms with Crippen molar-refractivity contribution in [1.29, 1.82) is 0 Å². The van der Waals surface area contributed by atoms with Crippen LogP contribution in [0, 0.1) is 5.82 Å². The monoisotopic (exact) mass is 435 g/mol. The second kappa shape index (κ2) is 8.62. The Hall–Kier alpha value is -4.01. The van der Waals surface area contributed by atoms with E-state index >= 15 is 0 Å². The number of halogens is 1. The molecule has 0 fully saturated rings. The SMILES string of the molecule is COc1cccc(-c2ncc3c(n2)n(C)c(=O)n3C(=O)N(C)CCc2cccc(F)c2)c1. The maximum absolute atomic E-state index is 13.4. The fraction of sp³-hybridized carbons (Fsp3) is 0.217. The number of rotatable bonds is 5. The van der Waals surface area contributed by atoms with Crippen molar-refractivity contribution in [2.24, 2.45) is 7.05 Å². The summed E-state index contributed by atoms with van der Waals surface area (Å²) in [4.78, 5) is 36.2. The predicted octanol–water partition coefficient (Wildman–Crippen LogP) is 3.09. The molecule has 32 heavy (non-hydrogen) atoms. The van der Waals surface area contributed by atoms with Crippen molar-refractivity contribution in [3.05, 3.63) is 76.6 Å². The highest BCUT2D eigenvalue weighted by molar-refractivity contribution is 5.88. The summed E-state index contributed by atoms with van der Waals surface area (Å²) < 4.78 is 21.0. The number of carbonyl (C=O) groups excluding carboxylic acids is 1. The Morgan fingerprint density at radius 1 is 1.19 bits per heavy atom. The Morgan fingerprint density at radius 2 is 1.97 bits per heavy atom. The molecule has 0 aliphatic rings. The van der Waals surface area contributed by atoms with Crippen LogP contribution in [0.3, 0.4) is 0 Å². The van der Waals surface area contributed by atoms with Crippen LogP contribution in [0.25, 0.3) is 22.6 Å². The van der Waals surface area contributed by atoms with Crippen LogP contribution in [0.1, 0.15) is 5.56 Å². The number of hydrogen-bond donors (Lipinski definition) is 0. The average Bonchev–Trinajstić information content (AvgIpc) is 3.06. The largest absolute Gasteiger partial charge is 0.497 e. The number of nitrogens with zero attached hydrogens (tertiary/aromatic N) is 5. The summed E-state index contributed by atoms with van der Waals surface area (Å²) >= 11 is 0. The van der Waals surface area contributed by atoms with Gasteiger partial charge in [0.1, 0.15) is 17.1 Å². The first-order chi connectivity index (χ1) is 15.4. The molecule has 0 bridgehead atoms. The van der Waals surface area contributed by atoms with E-state index in [4.69, 9.17) is 4.74 Å². The molecule has 0 unspecified atom stereocenters. The highest BCUT2D eigenvalue weighted by Crippen LogP contribution is 2.22. The fourth-order valence-electron chi connectivity index (χ4n) is 3.46. The number of aromatic nitrogens is 4. The molecule has 164 valence electrons. The summed E-state index contributed by atoms with van der Waals surface area (Å²) in [6, 6.07) is 13.0. The first-order valence-corrected chi connectivity index (χ1v) is 9.98. The number of likely N-dealkylation sites (N-methyl/N-ethyl adjacent to an activating group) is 1. The molecule has 0 aliphatic carbocycles. The Morgan fingerprint density at radius 3 is 2.72 bits per heavy atom. The first-order valence-electron chi connectivity index (χ1n) is 9.98. The van der Waals surface area contributed by atoms with Gasteiger partial charge in [0, 0.05) is 26.2 Å². The third-order valence-corrected chi connectivity index (χ3v) is 5.26. The maximum Gasteiger partial charge on any atom is 0.338 e. The van der Waals surface area contributed by atoms with Crippen molar-refractivity contribution in [3.8, 4) is 17.1 Å². The molecule has 2 heterocycles. The van der Waals surface area contributed by atoms with Crippen LogP contribution >= 0.6 is 0 Å². The van der Waals surface area contributed by atoms with Crippen LogP contribution in [-0.4, -0.2) is 50.7 Å². The second-order valence-corrected chi connectivity index (χ2v) is 7.40. The van der Waals surface area contributed by atoms with Gasteiger partial charge in [-0.1, -0.05) is 24.3 Å². The standard InChI is InChI=1S/C23H22FN5O3/c1-27(11-10-15-6-4-8-17(24)12-15)22(30)29-19-14-25-20(26-21(19)28(2)23(29)31)16-7-5-9-18(13-16)32-3/h4-9,12-14H,10-11H2,1-3H3. The van der Waals surface area contributed by atoms with E-state index in [-0.39, 0.29) is 5.82 Å². The van der Waals surface area contributed by atoms with E-state index in [2.05, 4.69) is 9.97 Å². The van der Waals surface area contributed by atoms with Crippen molar-refractivity contribution in [2.45, 2.75) is 6.42 Å². The number of amides is 1. The normalized spacial score (nSPS) is 11.0. The number of carbonyl (C=O) groups is 1. The third kappa shape index (κ3) is 3.96. The van der Waals surface area contributed by atoms with Crippen LogP contribution in [0.4, 0.5) is 9.18 Å². The average molecular weight is 435 g/mol. The van der Waals surface area contributed by atoms with Gasteiger partial charge in [0.15, 0.2) is 11.5 Å². The molecule has 0 N–H and O–H groups in total. The lowest BCUT2D eigenvalue weighted by Gasteiger charge is -2.17. The molecule has 4 aromatic rings. The van der Waals surface area contributed by atoms with E-state index in [0.29, 0.717) is 35.7 Å². The molecule has 0 aliphatic heterocycles. The van der Waals surface area contributed by atoms with E-state index in [0.717, 1.165) is 15.7 Å². The number of ether oxygens (including phenoxy) is 1. The molecular weight excluding hydrogens is 413 g/mol. The molecule has 2 aromatic heterocycles. The van der Waals surface area contributed by atoms with Gasteiger partial charge in [-0.2, -0.15) is 0 Å². The highest BCUT2D eigenvalue weighted by Gasteiger charge is 2.22. The zero-order chi connectivity index (χ0) is 22.8. The van der Waals surface area contributed by atoms with Gasteiger partial charge in [0.05, 0.1) is 13.3 Å². The lowest BCUT2D eigenvalue weighted by Crippen LogP contribution is -2.38. The summed E-state index contributed by atoms with van der Waals surface area (Å²) in [7, 11) is 4.73. The number of aryl methyl sites for hydroxylation is 1. The Kier molecular flexibility index (Phi) is 5.72. The van der Waals surface area contributed by atoms with Crippen LogP contribution < -0.4 is 10.4 Å². The minimum atomic E-state index is -0.514. The molecule has 9 heteroatoms. The van der Waals surface area contributed by atoms with Crippen molar-refractivity contribution >= 4 is 17.2 Å². The topological polar surface area (TPSA) is 82.2 Å². The number of imidazole rings is 1. The van der Waals surface area contributed by atoms with Gasteiger partial charge >= 0.3 is 11.7 Å². The molecule has 0 saturated heterocycles. The van der Waals surface area contributed by atoms with Crippen LogP contribution in [0.15, 0.2) is 59.5 Å². The Bertz CT molecular complexity index is 1360. The molecule has 8 nitrogen and oxygen atoms in total. The second-order valence-electron chi connectivity index (χ2n) is 7.40. The minimum Gasteiger partial charge on any atom is -0.497 e. The van der Waals surface area contributed by atoms with E-state index in [1.807, 2.05) is 18.2 Å². The zero-order valence-electron chi connectivity index (χ0n) is 17.9. The van der Waals surface area contributed by atoms with Gasteiger partial charge < -0.3 is 9.64 Å². The van der Waals surface area contributed by atoms with Crippen LogP contribution in [0.5, 0.6) is 5.75 Å². The highest BCUT2D eigenvalue weighted by atomic mass is 19.1. The number of methoxy groups -OCH3 is 1. The maximum atomic E-state index is 13.4. The zero-order valence-corrected chi connectivity index (χ0v) is 17.9. The van der Waals surface area contributed by atoms with Gasteiger partial charge in [-0.05, 0) is 36.2 Å². The Balaban J connectivity index is 1.64. The number of fused-ring (bicyclic) bond motifs is 1. The van der Waals surface area contributed by atoms with Crippen LogP contribution in [-0.2, 0) is 13.5 Å². The summed E-state index contributed by atoms with van der Waals surface area (Å²) in [6.07, 6.45) is 1.92. The lowest BCUT2D eigenvalue weighted by molar-refractivity contribution is 0.211. The summed E-state index contributed by atoms with van der Waals surface area (Å²) in [5.41, 5.74) is 1.63. The quantitative estimate of drug-likeness (QED) is 0.481. The molecule has 4 rings (SSSR count). The van der Waals surface area contributed by atoms with Gasteiger partial charge in [-0.25, -0.2) is 28.5 Å². The van der Waals surface area contributed by atoms with Crippen LogP contribution in [0.2, 0.25) is 0 Å². The third-order valence-electron chi connectivity index (χ3n) is 5.26. The molecule has 2 aromatic carbocycles. The number of hydrogen-bond acceptors (Lipinski definition) is 5. The van der Waals surface area contributed by atoms with Gasteiger partial charge in [-0.15, -0.1) is 0 Å². The molecule has 0 saturated carbocycles. The van der Waals surface area contributed by atoms with E-state index in [1.54, 1.807) is 39.4 Å². The van der Waals surface area contributed by atoms with Crippen molar-refractivity contribution in [3.63, 3.8) is 0 Å². The van der Waals surface area contributed by atoms with Gasteiger partial charge in [-0.3, -0.25) is 4.57 Å². The molecule has 0 atom stereocenters. The smallest absolute Gasteiger partial charge is 0.338 e.